The molecule has 0 atom stereocenters. The molecular weight excluding hydrogens is 276 g/mol. The van der Waals surface area contributed by atoms with Crippen molar-refractivity contribution in [1.29, 1.82) is 0 Å². The lowest BCUT2D eigenvalue weighted by molar-refractivity contribution is 0.979. The van der Waals surface area contributed by atoms with Gasteiger partial charge < -0.3 is 4.98 Å². The van der Waals surface area contributed by atoms with E-state index in [0.717, 1.165) is 15.5 Å². The fraction of sp³-hybridized carbons (Fsp3) is 0.143. The lowest BCUT2D eigenvalue weighted by Crippen LogP contribution is -2.07. The molecule has 0 spiro atoms. The predicted molar refractivity (Wildman–Crippen MR) is 81.0 cm³/mol. The quantitative estimate of drug-likeness (QED) is 0.592. The Labute approximate surface area is 118 Å². The standard InChI is InChI=1S/C14H12N2OS2/c1-9-7-11-12(17)15-14(16-13(11)19-9)18-8-10-5-3-2-4-6-10/h2-7H,8H2,1H3,(H,15,16,17). The molecule has 0 saturated heterocycles. The second kappa shape index (κ2) is 5.19. The molecule has 3 nitrogen and oxygen atoms in total. The molecule has 3 rings (SSSR count). The number of hydrogen-bond donors (Lipinski definition) is 1. The van der Waals surface area contributed by atoms with E-state index in [1.54, 1.807) is 23.1 Å². The van der Waals surface area contributed by atoms with Crippen molar-refractivity contribution in [1.82, 2.24) is 9.97 Å². The van der Waals surface area contributed by atoms with Gasteiger partial charge in [0.1, 0.15) is 4.83 Å². The van der Waals surface area contributed by atoms with Crippen molar-refractivity contribution in [2.24, 2.45) is 0 Å². The summed E-state index contributed by atoms with van der Waals surface area (Å²) < 4.78 is 0. The number of fused-ring (bicyclic) bond motifs is 1. The lowest BCUT2D eigenvalue weighted by atomic mass is 10.2. The highest BCUT2D eigenvalue weighted by Crippen LogP contribution is 2.24. The van der Waals surface area contributed by atoms with Crippen molar-refractivity contribution in [2.45, 2.75) is 17.8 Å². The van der Waals surface area contributed by atoms with Crippen LogP contribution in [0.4, 0.5) is 0 Å². The first-order valence-corrected chi connectivity index (χ1v) is 7.70. The van der Waals surface area contributed by atoms with E-state index in [-0.39, 0.29) is 5.56 Å². The largest absolute Gasteiger partial charge is 0.301 e. The second-order valence-corrected chi connectivity index (χ2v) is 6.42. The van der Waals surface area contributed by atoms with Gasteiger partial charge in [-0.15, -0.1) is 11.3 Å². The number of aromatic nitrogens is 2. The zero-order valence-corrected chi connectivity index (χ0v) is 12.0. The van der Waals surface area contributed by atoms with Crippen LogP contribution in [0.1, 0.15) is 10.4 Å². The van der Waals surface area contributed by atoms with E-state index in [2.05, 4.69) is 22.1 Å². The van der Waals surface area contributed by atoms with E-state index >= 15 is 0 Å². The molecule has 0 bridgehead atoms. The van der Waals surface area contributed by atoms with Crippen LogP contribution in [-0.4, -0.2) is 9.97 Å². The Morgan fingerprint density at radius 3 is 2.89 bits per heavy atom. The summed E-state index contributed by atoms with van der Waals surface area (Å²) in [6.07, 6.45) is 0. The number of H-pyrrole nitrogens is 1. The minimum Gasteiger partial charge on any atom is -0.301 e. The average molecular weight is 288 g/mol. The number of aryl methyl sites for hydroxylation is 1. The molecule has 0 amide bonds. The third-order valence-corrected chi connectivity index (χ3v) is 4.61. The van der Waals surface area contributed by atoms with Crippen LogP contribution in [0.3, 0.4) is 0 Å². The average Bonchev–Trinajstić information content (AvgIpc) is 2.79. The summed E-state index contributed by atoms with van der Waals surface area (Å²) in [5.41, 5.74) is 1.17. The van der Waals surface area contributed by atoms with Gasteiger partial charge in [0.2, 0.25) is 0 Å². The van der Waals surface area contributed by atoms with Crippen molar-refractivity contribution in [3.63, 3.8) is 0 Å². The van der Waals surface area contributed by atoms with Crippen LogP contribution >= 0.6 is 23.1 Å². The Kier molecular flexibility index (Phi) is 3.40. The number of benzene rings is 1. The van der Waals surface area contributed by atoms with Gasteiger partial charge in [0.15, 0.2) is 5.16 Å². The van der Waals surface area contributed by atoms with Gasteiger partial charge in [0.05, 0.1) is 5.39 Å². The molecule has 2 heterocycles. The van der Waals surface area contributed by atoms with Crippen molar-refractivity contribution in [3.05, 3.63) is 57.2 Å². The molecule has 19 heavy (non-hydrogen) atoms. The maximum atomic E-state index is 11.9. The molecule has 2 aromatic heterocycles. The molecule has 0 aliphatic heterocycles. The van der Waals surface area contributed by atoms with Crippen LogP contribution in [0, 0.1) is 6.92 Å². The monoisotopic (exact) mass is 288 g/mol. The highest BCUT2D eigenvalue weighted by Gasteiger charge is 2.07. The normalized spacial score (nSPS) is 11.0. The van der Waals surface area contributed by atoms with E-state index in [1.807, 2.05) is 31.2 Å². The number of thiophene rings is 1. The number of nitrogens with zero attached hydrogens (tertiary/aromatic N) is 1. The minimum absolute atomic E-state index is 0.0510. The first-order valence-electron chi connectivity index (χ1n) is 5.89. The zero-order valence-electron chi connectivity index (χ0n) is 10.3. The number of rotatable bonds is 3. The van der Waals surface area contributed by atoms with E-state index in [9.17, 15) is 4.79 Å². The molecule has 1 N–H and O–H groups in total. The summed E-state index contributed by atoms with van der Waals surface area (Å²) in [5, 5.41) is 1.37. The summed E-state index contributed by atoms with van der Waals surface area (Å²) in [5.74, 6) is 0.805. The molecular formula is C14H12N2OS2. The number of aromatic amines is 1. The molecule has 3 aromatic rings. The number of thioether (sulfide) groups is 1. The van der Waals surface area contributed by atoms with Crippen molar-refractivity contribution < 1.29 is 0 Å². The minimum atomic E-state index is -0.0510. The fourth-order valence-electron chi connectivity index (χ4n) is 1.83. The first kappa shape index (κ1) is 12.4. The Balaban J connectivity index is 1.87. The zero-order chi connectivity index (χ0) is 13.2. The van der Waals surface area contributed by atoms with Gasteiger partial charge in [0.25, 0.3) is 5.56 Å². The van der Waals surface area contributed by atoms with E-state index < -0.39 is 0 Å². The maximum Gasteiger partial charge on any atom is 0.260 e. The van der Waals surface area contributed by atoms with E-state index in [4.69, 9.17) is 0 Å². The Hall–Kier alpha value is -1.59. The Morgan fingerprint density at radius 2 is 2.11 bits per heavy atom. The molecule has 0 saturated carbocycles. The lowest BCUT2D eigenvalue weighted by Gasteiger charge is -2.01. The number of hydrogen-bond acceptors (Lipinski definition) is 4. The summed E-state index contributed by atoms with van der Waals surface area (Å²) in [6.45, 7) is 1.99. The summed E-state index contributed by atoms with van der Waals surface area (Å²) >= 11 is 3.11. The molecule has 5 heteroatoms. The second-order valence-electron chi connectivity index (χ2n) is 4.22. The molecule has 0 fully saturated rings. The molecule has 0 unspecified atom stereocenters. The Morgan fingerprint density at radius 1 is 1.32 bits per heavy atom. The first-order chi connectivity index (χ1) is 9.22. The molecule has 0 aliphatic rings. The van der Waals surface area contributed by atoms with Crippen LogP contribution < -0.4 is 5.56 Å². The van der Waals surface area contributed by atoms with Gasteiger partial charge in [-0.1, -0.05) is 42.1 Å². The van der Waals surface area contributed by atoms with Gasteiger partial charge in [-0.05, 0) is 18.6 Å². The van der Waals surface area contributed by atoms with Gasteiger partial charge in [-0.25, -0.2) is 4.98 Å². The summed E-state index contributed by atoms with van der Waals surface area (Å²) in [6, 6.07) is 12.0. The Bertz CT molecular complexity index is 762. The molecule has 96 valence electrons. The van der Waals surface area contributed by atoms with Gasteiger partial charge in [0, 0.05) is 10.6 Å². The van der Waals surface area contributed by atoms with Crippen molar-refractivity contribution in [3.8, 4) is 0 Å². The van der Waals surface area contributed by atoms with Gasteiger partial charge in [-0.3, -0.25) is 4.79 Å². The SMILES string of the molecule is Cc1cc2c(=O)[nH]c(SCc3ccccc3)nc2s1. The number of nitrogens with one attached hydrogen (secondary N) is 1. The summed E-state index contributed by atoms with van der Waals surface area (Å²) in [7, 11) is 0. The third-order valence-electron chi connectivity index (χ3n) is 2.72. The third kappa shape index (κ3) is 2.72. The fourth-order valence-corrected chi connectivity index (χ4v) is 3.58. The van der Waals surface area contributed by atoms with Crippen LogP contribution in [0.2, 0.25) is 0 Å². The molecule has 1 aromatic carbocycles. The highest BCUT2D eigenvalue weighted by atomic mass is 32.2. The van der Waals surface area contributed by atoms with E-state index in [1.165, 1.54) is 5.56 Å². The van der Waals surface area contributed by atoms with Crippen LogP contribution in [0.25, 0.3) is 10.2 Å². The van der Waals surface area contributed by atoms with Crippen LogP contribution in [0.15, 0.2) is 46.3 Å². The maximum absolute atomic E-state index is 11.9. The summed E-state index contributed by atoms with van der Waals surface area (Å²) in [4.78, 5) is 21.2. The van der Waals surface area contributed by atoms with Crippen molar-refractivity contribution in [2.75, 3.05) is 0 Å². The van der Waals surface area contributed by atoms with Crippen molar-refractivity contribution >= 4 is 33.3 Å². The van der Waals surface area contributed by atoms with Gasteiger partial charge >= 0.3 is 0 Å². The highest BCUT2D eigenvalue weighted by molar-refractivity contribution is 7.98. The smallest absolute Gasteiger partial charge is 0.260 e. The van der Waals surface area contributed by atoms with Crippen LogP contribution in [-0.2, 0) is 5.75 Å². The molecule has 0 radical (unpaired) electrons. The topological polar surface area (TPSA) is 45.8 Å². The van der Waals surface area contributed by atoms with Crippen LogP contribution in [0.5, 0.6) is 0 Å². The van der Waals surface area contributed by atoms with Gasteiger partial charge in [-0.2, -0.15) is 0 Å². The predicted octanol–water partition coefficient (Wildman–Crippen LogP) is 3.59. The molecule has 0 aliphatic carbocycles. The van der Waals surface area contributed by atoms with E-state index in [0.29, 0.717) is 10.5 Å².